The van der Waals surface area contributed by atoms with Gasteiger partial charge in [0.15, 0.2) is 0 Å². The van der Waals surface area contributed by atoms with Crippen LogP contribution in [0.3, 0.4) is 0 Å². The van der Waals surface area contributed by atoms with E-state index in [9.17, 15) is 4.79 Å². The summed E-state index contributed by atoms with van der Waals surface area (Å²) in [5, 5.41) is 0. The van der Waals surface area contributed by atoms with Gasteiger partial charge in [-0.2, -0.15) is 0 Å². The fraction of sp³-hybridized carbons (Fsp3) is 0.500. The zero-order valence-electron chi connectivity index (χ0n) is 13.0. The Morgan fingerprint density at radius 3 is 2.48 bits per heavy atom. The summed E-state index contributed by atoms with van der Waals surface area (Å²) in [5.41, 5.74) is 0. The molecule has 0 bridgehead atoms. The van der Waals surface area contributed by atoms with E-state index in [-0.39, 0.29) is 0 Å². The second-order valence-corrected chi connectivity index (χ2v) is 5.07. The fourth-order valence-corrected chi connectivity index (χ4v) is 2.03. The highest BCUT2D eigenvalue weighted by Gasteiger charge is 2.01. The Morgan fingerprint density at radius 2 is 1.76 bits per heavy atom. The van der Waals surface area contributed by atoms with Gasteiger partial charge in [0.25, 0.3) is 0 Å². The first-order chi connectivity index (χ1) is 10.3. The van der Waals surface area contributed by atoms with Gasteiger partial charge in [-0.05, 0) is 18.6 Å². The lowest BCUT2D eigenvalue weighted by Crippen LogP contribution is -2.03. The van der Waals surface area contributed by atoms with Gasteiger partial charge in [-0.3, -0.25) is 0 Å². The molecule has 0 unspecified atom stereocenters. The van der Waals surface area contributed by atoms with E-state index in [1.54, 1.807) is 12.1 Å². The topological polar surface area (TPSA) is 35.5 Å². The van der Waals surface area contributed by atoms with E-state index in [4.69, 9.17) is 9.47 Å². The van der Waals surface area contributed by atoms with E-state index in [0.29, 0.717) is 12.4 Å². The van der Waals surface area contributed by atoms with Crippen molar-refractivity contribution < 1.29 is 14.3 Å². The number of ether oxygens (including phenoxy) is 2. The van der Waals surface area contributed by atoms with Crippen LogP contribution in [0.1, 0.15) is 51.9 Å². The van der Waals surface area contributed by atoms with Crippen LogP contribution in [0, 0.1) is 0 Å². The van der Waals surface area contributed by atoms with Gasteiger partial charge in [0.1, 0.15) is 11.5 Å². The minimum absolute atomic E-state index is 0.459. The quantitative estimate of drug-likeness (QED) is 0.251. The van der Waals surface area contributed by atoms with E-state index in [2.05, 4.69) is 13.5 Å². The van der Waals surface area contributed by atoms with E-state index >= 15 is 0 Å². The first-order valence-corrected chi connectivity index (χ1v) is 7.83. The van der Waals surface area contributed by atoms with Gasteiger partial charge in [0.05, 0.1) is 6.61 Å². The maximum absolute atomic E-state index is 11.1. The molecular formula is C18H26O3. The van der Waals surface area contributed by atoms with Gasteiger partial charge in [-0.15, -0.1) is 0 Å². The maximum atomic E-state index is 11.1. The second-order valence-electron chi connectivity index (χ2n) is 5.07. The summed E-state index contributed by atoms with van der Waals surface area (Å²) in [5.74, 6) is 0.756. The fourth-order valence-electron chi connectivity index (χ4n) is 2.03. The highest BCUT2D eigenvalue weighted by Crippen LogP contribution is 2.20. The molecule has 0 aliphatic rings. The van der Waals surface area contributed by atoms with Crippen LogP contribution in [-0.2, 0) is 4.79 Å². The number of carbonyl (C=O) groups is 1. The Balaban J connectivity index is 2.18. The van der Waals surface area contributed by atoms with E-state index in [1.165, 1.54) is 38.5 Å². The first kappa shape index (κ1) is 17.3. The monoisotopic (exact) mass is 290 g/mol. The lowest BCUT2D eigenvalue weighted by molar-refractivity contribution is -0.128. The third-order valence-corrected chi connectivity index (χ3v) is 3.21. The molecule has 0 heterocycles. The maximum Gasteiger partial charge on any atom is 0.335 e. The molecule has 0 N–H and O–H groups in total. The molecule has 1 rings (SSSR count). The van der Waals surface area contributed by atoms with E-state index < -0.39 is 5.97 Å². The molecular weight excluding hydrogens is 264 g/mol. The van der Waals surface area contributed by atoms with Gasteiger partial charge in [-0.25, -0.2) is 4.79 Å². The molecule has 0 saturated heterocycles. The number of unbranched alkanes of at least 4 members (excludes halogenated alkanes) is 6. The van der Waals surface area contributed by atoms with Crippen molar-refractivity contribution in [3.63, 3.8) is 0 Å². The van der Waals surface area contributed by atoms with Crippen molar-refractivity contribution in [2.45, 2.75) is 51.9 Å². The Hall–Kier alpha value is -1.77. The molecule has 21 heavy (non-hydrogen) atoms. The lowest BCUT2D eigenvalue weighted by atomic mass is 10.1. The Labute approximate surface area is 128 Å². The van der Waals surface area contributed by atoms with Crippen molar-refractivity contribution in [3.8, 4) is 11.5 Å². The number of hydrogen-bond donors (Lipinski definition) is 0. The van der Waals surface area contributed by atoms with Crippen molar-refractivity contribution in [1.29, 1.82) is 0 Å². The van der Waals surface area contributed by atoms with Crippen LogP contribution in [-0.4, -0.2) is 12.6 Å². The van der Waals surface area contributed by atoms with Crippen LogP contribution in [0.5, 0.6) is 11.5 Å². The number of rotatable bonds is 11. The summed E-state index contributed by atoms with van der Waals surface area (Å²) >= 11 is 0. The molecule has 1 aromatic rings. The molecule has 116 valence electrons. The summed E-state index contributed by atoms with van der Waals surface area (Å²) < 4.78 is 10.7. The standard InChI is InChI=1S/C18H26O3/c1-3-5-6-7-8-9-10-14-20-16-12-11-13-17(15-16)21-18(19)4-2/h4,11-13,15H,2-3,5-10,14H2,1H3. The van der Waals surface area contributed by atoms with Gasteiger partial charge in [0, 0.05) is 12.1 Å². The number of hydrogen-bond acceptors (Lipinski definition) is 3. The molecule has 0 radical (unpaired) electrons. The molecule has 1 aromatic carbocycles. The van der Waals surface area contributed by atoms with E-state index in [0.717, 1.165) is 18.2 Å². The number of esters is 1. The van der Waals surface area contributed by atoms with Crippen molar-refractivity contribution in [2.24, 2.45) is 0 Å². The van der Waals surface area contributed by atoms with Crippen molar-refractivity contribution >= 4 is 5.97 Å². The number of benzene rings is 1. The van der Waals surface area contributed by atoms with Gasteiger partial charge in [0.2, 0.25) is 0 Å². The Morgan fingerprint density at radius 1 is 1.10 bits per heavy atom. The minimum Gasteiger partial charge on any atom is -0.493 e. The molecule has 0 fully saturated rings. The van der Waals surface area contributed by atoms with Gasteiger partial charge >= 0.3 is 5.97 Å². The van der Waals surface area contributed by atoms with E-state index in [1.807, 2.05) is 12.1 Å². The Kier molecular flexibility index (Phi) is 9.01. The third-order valence-electron chi connectivity index (χ3n) is 3.21. The third kappa shape index (κ3) is 8.18. The van der Waals surface area contributed by atoms with Crippen LogP contribution >= 0.6 is 0 Å². The molecule has 0 amide bonds. The molecule has 0 aromatic heterocycles. The SMILES string of the molecule is C=CC(=O)Oc1cccc(OCCCCCCCCC)c1. The minimum atomic E-state index is -0.459. The predicted octanol–water partition coefficient (Wildman–Crippen LogP) is 4.91. The van der Waals surface area contributed by atoms with Crippen LogP contribution in [0.25, 0.3) is 0 Å². The largest absolute Gasteiger partial charge is 0.493 e. The van der Waals surface area contributed by atoms with Crippen molar-refractivity contribution in [1.82, 2.24) is 0 Å². The zero-order valence-corrected chi connectivity index (χ0v) is 13.0. The summed E-state index contributed by atoms with van der Waals surface area (Å²) in [6, 6.07) is 7.13. The summed E-state index contributed by atoms with van der Waals surface area (Å²) in [4.78, 5) is 11.1. The molecule has 0 aliphatic carbocycles. The highest BCUT2D eigenvalue weighted by molar-refractivity contribution is 5.83. The smallest absolute Gasteiger partial charge is 0.335 e. The molecule has 0 spiro atoms. The van der Waals surface area contributed by atoms with Gasteiger partial charge < -0.3 is 9.47 Å². The molecule has 0 aliphatic heterocycles. The van der Waals surface area contributed by atoms with Crippen LogP contribution < -0.4 is 9.47 Å². The number of carbonyl (C=O) groups excluding carboxylic acids is 1. The summed E-state index contributed by atoms with van der Waals surface area (Å²) in [6.45, 7) is 6.30. The average molecular weight is 290 g/mol. The summed E-state index contributed by atoms with van der Waals surface area (Å²) in [7, 11) is 0. The molecule has 3 heteroatoms. The van der Waals surface area contributed by atoms with Crippen molar-refractivity contribution in [3.05, 3.63) is 36.9 Å². The summed E-state index contributed by atoms with van der Waals surface area (Å²) in [6.07, 6.45) is 9.97. The van der Waals surface area contributed by atoms with Crippen LogP contribution in [0.2, 0.25) is 0 Å². The normalized spacial score (nSPS) is 10.1. The van der Waals surface area contributed by atoms with Crippen molar-refractivity contribution in [2.75, 3.05) is 6.61 Å². The first-order valence-electron chi connectivity index (χ1n) is 7.83. The van der Waals surface area contributed by atoms with Crippen LogP contribution in [0.4, 0.5) is 0 Å². The van der Waals surface area contributed by atoms with Crippen LogP contribution in [0.15, 0.2) is 36.9 Å². The predicted molar refractivity (Wildman–Crippen MR) is 85.8 cm³/mol. The molecule has 0 saturated carbocycles. The highest BCUT2D eigenvalue weighted by atomic mass is 16.5. The molecule has 3 nitrogen and oxygen atoms in total. The average Bonchev–Trinajstić information content (AvgIpc) is 2.50. The van der Waals surface area contributed by atoms with Gasteiger partial charge in [-0.1, -0.05) is 58.1 Å². The zero-order chi connectivity index (χ0) is 15.3. The Bertz CT molecular complexity index is 426. The molecule has 0 atom stereocenters. The second kappa shape index (κ2) is 11.0. The lowest BCUT2D eigenvalue weighted by Gasteiger charge is -2.08.